The molecule has 0 N–H and O–H groups in total. The molecule has 2 aromatic carbocycles. The monoisotopic (exact) mass is 235 g/mol. The molecule has 2 heterocycles. The summed E-state index contributed by atoms with van der Waals surface area (Å²) in [6, 6.07) is 12.6. The Kier molecular flexibility index (Phi) is 1.90. The van der Waals surface area contributed by atoms with Gasteiger partial charge in [0.25, 0.3) is 0 Å². The molecule has 0 atom stereocenters. The summed E-state index contributed by atoms with van der Waals surface area (Å²) in [5.41, 5.74) is 3.41. The van der Waals surface area contributed by atoms with Crippen molar-refractivity contribution in [3.8, 4) is 5.75 Å². The summed E-state index contributed by atoms with van der Waals surface area (Å²) in [5.74, 6) is 1.05. The van der Waals surface area contributed by atoms with Crippen molar-refractivity contribution < 1.29 is 4.74 Å². The van der Waals surface area contributed by atoms with Crippen LogP contribution < -0.4 is 4.74 Å². The highest BCUT2D eigenvalue weighted by Gasteiger charge is 2.20. The number of ether oxygens (including phenoxy) is 1. The van der Waals surface area contributed by atoms with Crippen LogP contribution in [0.2, 0.25) is 0 Å². The van der Waals surface area contributed by atoms with Gasteiger partial charge in [0.15, 0.2) is 0 Å². The van der Waals surface area contributed by atoms with E-state index in [0.29, 0.717) is 0 Å². The molecule has 4 rings (SSSR count). The van der Waals surface area contributed by atoms with Gasteiger partial charge in [0, 0.05) is 17.7 Å². The summed E-state index contributed by atoms with van der Waals surface area (Å²) < 4.78 is 5.86. The van der Waals surface area contributed by atoms with Crippen molar-refractivity contribution in [3.05, 3.63) is 47.7 Å². The fourth-order valence-electron chi connectivity index (χ4n) is 2.86. The number of nitrogens with zero attached hydrogens (tertiary/aromatic N) is 1. The molecule has 1 aliphatic rings. The fraction of sp³-hybridized carbons (Fsp3) is 0.188. The average molecular weight is 235 g/mol. The zero-order valence-corrected chi connectivity index (χ0v) is 10.2. The number of rotatable bonds is 0. The van der Waals surface area contributed by atoms with E-state index < -0.39 is 0 Å². The molecule has 2 nitrogen and oxygen atoms in total. The van der Waals surface area contributed by atoms with Gasteiger partial charge in [-0.2, -0.15) is 0 Å². The fourth-order valence-corrected chi connectivity index (χ4v) is 2.86. The van der Waals surface area contributed by atoms with Crippen LogP contribution in [0.4, 0.5) is 0 Å². The third-order valence-electron chi connectivity index (χ3n) is 3.73. The molecule has 3 aromatic rings. The SMILES string of the molecule is Cc1nc2ccc3ccccc3c2c2c1CCO2. The lowest BCUT2D eigenvalue weighted by Gasteiger charge is -2.10. The summed E-state index contributed by atoms with van der Waals surface area (Å²) >= 11 is 0. The van der Waals surface area contributed by atoms with Crippen LogP contribution in [0.1, 0.15) is 11.3 Å². The highest BCUT2D eigenvalue weighted by molar-refractivity contribution is 6.09. The molecule has 0 saturated heterocycles. The lowest BCUT2D eigenvalue weighted by Crippen LogP contribution is -1.91. The Morgan fingerprint density at radius 2 is 2.00 bits per heavy atom. The van der Waals surface area contributed by atoms with Gasteiger partial charge < -0.3 is 4.74 Å². The highest BCUT2D eigenvalue weighted by Crippen LogP contribution is 2.38. The molecular weight excluding hydrogens is 222 g/mol. The van der Waals surface area contributed by atoms with E-state index in [0.717, 1.165) is 30.0 Å². The van der Waals surface area contributed by atoms with Crippen molar-refractivity contribution in [1.29, 1.82) is 0 Å². The summed E-state index contributed by atoms with van der Waals surface area (Å²) in [4.78, 5) is 4.72. The standard InChI is InChI=1S/C16H13NO/c1-10-12-8-9-18-16(12)15-13-5-3-2-4-11(13)6-7-14(15)17-10/h2-7H,8-9H2,1H3. The Labute approximate surface area is 105 Å². The van der Waals surface area contributed by atoms with Crippen LogP contribution >= 0.6 is 0 Å². The lowest BCUT2D eigenvalue weighted by molar-refractivity contribution is 0.360. The number of pyridine rings is 1. The zero-order chi connectivity index (χ0) is 12.1. The minimum absolute atomic E-state index is 0.778. The summed E-state index contributed by atoms with van der Waals surface area (Å²) in [6.45, 7) is 2.85. The first-order valence-corrected chi connectivity index (χ1v) is 6.28. The van der Waals surface area contributed by atoms with Crippen molar-refractivity contribution in [2.75, 3.05) is 6.61 Å². The third-order valence-corrected chi connectivity index (χ3v) is 3.73. The van der Waals surface area contributed by atoms with Gasteiger partial charge in [0.05, 0.1) is 17.5 Å². The lowest BCUT2D eigenvalue weighted by atomic mass is 10.0. The average Bonchev–Trinajstić information content (AvgIpc) is 2.88. The molecule has 88 valence electrons. The number of benzene rings is 2. The van der Waals surface area contributed by atoms with Crippen LogP contribution in [-0.2, 0) is 6.42 Å². The number of aromatic nitrogens is 1. The second-order valence-electron chi connectivity index (χ2n) is 4.78. The first kappa shape index (κ1) is 9.89. The molecule has 0 radical (unpaired) electrons. The van der Waals surface area contributed by atoms with Crippen molar-refractivity contribution in [2.45, 2.75) is 13.3 Å². The van der Waals surface area contributed by atoms with Gasteiger partial charge in [-0.3, -0.25) is 4.98 Å². The number of fused-ring (bicyclic) bond motifs is 5. The predicted octanol–water partition coefficient (Wildman–Crippen LogP) is 3.63. The number of hydrogen-bond donors (Lipinski definition) is 0. The molecule has 0 unspecified atom stereocenters. The minimum atomic E-state index is 0.778. The topological polar surface area (TPSA) is 22.1 Å². The third kappa shape index (κ3) is 1.20. The molecule has 0 fully saturated rings. The zero-order valence-electron chi connectivity index (χ0n) is 10.2. The van der Waals surface area contributed by atoms with Crippen LogP contribution in [0.5, 0.6) is 5.75 Å². The van der Waals surface area contributed by atoms with Gasteiger partial charge in [0.2, 0.25) is 0 Å². The predicted molar refractivity (Wildman–Crippen MR) is 73.2 cm³/mol. The number of aryl methyl sites for hydroxylation is 1. The molecule has 0 spiro atoms. The van der Waals surface area contributed by atoms with E-state index in [1.165, 1.54) is 21.7 Å². The van der Waals surface area contributed by atoms with Gasteiger partial charge in [-0.15, -0.1) is 0 Å². The molecule has 0 amide bonds. The van der Waals surface area contributed by atoms with E-state index in [1.54, 1.807) is 0 Å². The largest absolute Gasteiger partial charge is 0.492 e. The smallest absolute Gasteiger partial charge is 0.134 e. The quantitative estimate of drug-likeness (QED) is 0.555. The molecular formula is C16H13NO. The molecule has 18 heavy (non-hydrogen) atoms. The highest BCUT2D eigenvalue weighted by atomic mass is 16.5. The number of hydrogen-bond acceptors (Lipinski definition) is 2. The second kappa shape index (κ2) is 3.45. The molecule has 0 saturated carbocycles. The Balaban J connectivity index is 2.28. The van der Waals surface area contributed by atoms with E-state index in [4.69, 9.17) is 9.72 Å². The summed E-state index contributed by atoms with van der Waals surface area (Å²) in [7, 11) is 0. The van der Waals surface area contributed by atoms with Crippen molar-refractivity contribution in [2.24, 2.45) is 0 Å². The van der Waals surface area contributed by atoms with E-state index >= 15 is 0 Å². The maximum Gasteiger partial charge on any atom is 0.134 e. The minimum Gasteiger partial charge on any atom is -0.492 e. The maximum absolute atomic E-state index is 5.86. The van der Waals surface area contributed by atoms with E-state index in [1.807, 2.05) is 0 Å². The van der Waals surface area contributed by atoms with Crippen LogP contribution in [-0.4, -0.2) is 11.6 Å². The van der Waals surface area contributed by atoms with Crippen molar-refractivity contribution in [1.82, 2.24) is 4.98 Å². The molecule has 2 heteroatoms. The van der Waals surface area contributed by atoms with Gasteiger partial charge >= 0.3 is 0 Å². The normalized spacial score (nSPS) is 13.8. The molecule has 0 bridgehead atoms. The van der Waals surface area contributed by atoms with Crippen molar-refractivity contribution >= 4 is 21.7 Å². The van der Waals surface area contributed by atoms with Gasteiger partial charge in [0.1, 0.15) is 5.75 Å². The molecule has 0 aliphatic carbocycles. The Hall–Kier alpha value is -2.09. The van der Waals surface area contributed by atoms with E-state index in [9.17, 15) is 0 Å². The first-order valence-electron chi connectivity index (χ1n) is 6.28. The Morgan fingerprint density at radius 3 is 2.94 bits per heavy atom. The van der Waals surface area contributed by atoms with Crippen LogP contribution in [0, 0.1) is 6.92 Å². The van der Waals surface area contributed by atoms with Crippen LogP contribution in [0.15, 0.2) is 36.4 Å². The van der Waals surface area contributed by atoms with E-state index in [2.05, 4.69) is 43.3 Å². The maximum atomic E-state index is 5.86. The van der Waals surface area contributed by atoms with E-state index in [-0.39, 0.29) is 0 Å². The first-order chi connectivity index (χ1) is 8.84. The van der Waals surface area contributed by atoms with Gasteiger partial charge in [-0.25, -0.2) is 0 Å². The molecule has 1 aromatic heterocycles. The van der Waals surface area contributed by atoms with Crippen LogP contribution in [0.3, 0.4) is 0 Å². The molecule has 1 aliphatic heterocycles. The second-order valence-corrected chi connectivity index (χ2v) is 4.78. The van der Waals surface area contributed by atoms with Gasteiger partial charge in [-0.1, -0.05) is 30.3 Å². The van der Waals surface area contributed by atoms with Crippen molar-refractivity contribution in [3.63, 3.8) is 0 Å². The summed E-state index contributed by atoms with van der Waals surface area (Å²) in [5, 5.41) is 3.65. The Bertz CT molecular complexity index is 777. The van der Waals surface area contributed by atoms with Gasteiger partial charge in [-0.05, 0) is 23.8 Å². The Morgan fingerprint density at radius 1 is 1.11 bits per heavy atom. The van der Waals surface area contributed by atoms with Crippen LogP contribution in [0.25, 0.3) is 21.7 Å². The summed E-state index contributed by atoms with van der Waals surface area (Å²) in [6.07, 6.45) is 0.979.